The average molecular weight is 286 g/mol. The van der Waals surface area contributed by atoms with E-state index in [0.29, 0.717) is 0 Å². The van der Waals surface area contributed by atoms with Gasteiger partial charge in [0.25, 0.3) is 0 Å². The molecule has 19 heavy (non-hydrogen) atoms. The van der Waals surface area contributed by atoms with E-state index in [9.17, 15) is 12.8 Å². The number of nitrogens with one attached hydrogen (secondary N) is 1. The molecule has 7 heteroatoms. The van der Waals surface area contributed by atoms with Crippen LogP contribution in [0.15, 0.2) is 23.1 Å². The summed E-state index contributed by atoms with van der Waals surface area (Å²) in [4.78, 5) is -0.402. The Kier molecular flexibility index (Phi) is 4.63. The summed E-state index contributed by atoms with van der Waals surface area (Å²) >= 11 is 0. The van der Waals surface area contributed by atoms with Crippen molar-refractivity contribution in [1.82, 2.24) is 4.72 Å². The molecule has 104 valence electrons. The van der Waals surface area contributed by atoms with Crippen molar-refractivity contribution in [3.63, 3.8) is 0 Å². The average Bonchev–Trinajstić information content (AvgIpc) is 2.26. The molecule has 0 spiro atoms. The molecule has 0 aromatic heterocycles. The molecule has 0 saturated carbocycles. The smallest absolute Gasteiger partial charge is 0.242 e. The second-order valence-electron chi connectivity index (χ2n) is 4.69. The van der Waals surface area contributed by atoms with Gasteiger partial charge in [-0.15, -0.1) is 0 Å². The molecule has 1 rings (SSSR count). The normalized spacial score (nSPS) is 12.2. The number of nitriles is 1. The molecule has 0 bridgehead atoms. The van der Waals surface area contributed by atoms with Crippen LogP contribution in [0.2, 0.25) is 0 Å². The molecule has 0 aliphatic carbocycles. The molecule has 1 aromatic carbocycles. The van der Waals surface area contributed by atoms with Gasteiger partial charge in [-0.3, -0.25) is 0 Å². The van der Waals surface area contributed by atoms with Crippen LogP contribution in [0.1, 0.15) is 25.8 Å². The monoisotopic (exact) mass is 286 g/mol. The number of nitrogens with zero attached hydrogens (tertiary/aromatic N) is 1. The van der Waals surface area contributed by atoms with Crippen molar-refractivity contribution < 1.29 is 17.9 Å². The maximum atomic E-state index is 13.4. The number of rotatable bonds is 5. The Balaban J connectivity index is 3.23. The Bertz CT molecular complexity index is 606. The van der Waals surface area contributed by atoms with Gasteiger partial charge in [-0.05, 0) is 32.4 Å². The third-order valence-corrected chi connectivity index (χ3v) is 4.26. The lowest BCUT2D eigenvalue weighted by molar-refractivity contribution is 0.245. The van der Waals surface area contributed by atoms with Crippen molar-refractivity contribution >= 4 is 10.0 Å². The van der Waals surface area contributed by atoms with E-state index in [1.54, 1.807) is 19.9 Å². The quantitative estimate of drug-likeness (QED) is 0.849. The first-order chi connectivity index (χ1) is 8.73. The number of sulfonamides is 1. The van der Waals surface area contributed by atoms with Crippen molar-refractivity contribution in [1.29, 1.82) is 5.26 Å². The van der Waals surface area contributed by atoms with Gasteiger partial charge in [0, 0.05) is 12.1 Å². The molecule has 0 aliphatic heterocycles. The van der Waals surface area contributed by atoms with Crippen LogP contribution in [0.3, 0.4) is 0 Å². The van der Waals surface area contributed by atoms with Crippen molar-refractivity contribution in [2.75, 3.05) is 6.61 Å². The molecule has 0 unspecified atom stereocenters. The van der Waals surface area contributed by atoms with Crippen LogP contribution in [0.5, 0.6) is 0 Å². The van der Waals surface area contributed by atoms with Crippen molar-refractivity contribution in [3.05, 3.63) is 29.6 Å². The van der Waals surface area contributed by atoms with Gasteiger partial charge in [0.1, 0.15) is 22.3 Å². The molecule has 0 radical (unpaired) electrons. The van der Waals surface area contributed by atoms with Crippen LogP contribution < -0.4 is 4.72 Å². The number of aliphatic hydroxyl groups is 1. The highest BCUT2D eigenvalue weighted by atomic mass is 32.2. The highest BCUT2D eigenvalue weighted by molar-refractivity contribution is 7.89. The van der Waals surface area contributed by atoms with Gasteiger partial charge in [-0.2, -0.15) is 5.26 Å². The fourth-order valence-electron chi connectivity index (χ4n) is 1.59. The molecule has 0 heterocycles. The summed E-state index contributed by atoms with van der Waals surface area (Å²) in [6.45, 7) is 2.99. The molecule has 2 N–H and O–H groups in total. The SMILES string of the molecule is CC(C)(CCO)NS(=O)(=O)c1cccc(F)c1C#N. The topological polar surface area (TPSA) is 90.2 Å². The maximum Gasteiger partial charge on any atom is 0.242 e. The summed E-state index contributed by atoms with van der Waals surface area (Å²) in [7, 11) is -4.03. The predicted octanol–water partition coefficient (Wildman–Crippen LogP) is 1.14. The minimum atomic E-state index is -4.03. The molecular formula is C12H15FN2O3S. The van der Waals surface area contributed by atoms with Gasteiger partial charge in [-0.25, -0.2) is 17.5 Å². The van der Waals surface area contributed by atoms with Crippen LogP contribution in [-0.4, -0.2) is 25.7 Å². The largest absolute Gasteiger partial charge is 0.396 e. The van der Waals surface area contributed by atoms with E-state index in [0.717, 1.165) is 6.07 Å². The van der Waals surface area contributed by atoms with Crippen molar-refractivity contribution in [2.45, 2.75) is 30.7 Å². The molecule has 1 aromatic rings. The van der Waals surface area contributed by atoms with E-state index >= 15 is 0 Å². The van der Waals surface area contributed by atoms with E-state index < -0.39 is 31.8 Å². The second kappa shape index (κ2) is 5.65. The fourth-order valence-corrected chi connectivity index (χ4v) is 3.20. The van der Waals surface area contributed by atoms with E-state index in [1.807, 2.05) is 0 Å². The standard InChI is InChI=1S/C12H15FN2O3S/c1-12(2,6-7-16)15-19(17,18)11-5-3-4-10(13)9(11)8-14/h3-5,15-16H,6-7H2,1-2H3. The molecule has 0 amide bonds. The van der Waals surface area contributed by atoms with Crippen LogP contribution in [0.4, 0.5) is 4.39 Å². The van der Waals surface area contributed by atoms with Crippen molar-refractivity contribution in [2.24, 2.45) is 0 Å². The predicted molar refractivity (Wildman–Crippen MR) is 67.2 cm³/mol. The summed E-state index contributed by atoms with van der Waals surface area (Å²) in [5.41, 5.74) is -1.41. The van der Waals surface area contributed by atoms with E-state index in [4.69, 9.17) is 10.4 Å². The molecule has 5 nitrogen and oxygen atoms in total. The zero-order valence-corrected chi connectivity index (χ0v) is 11.5. The first-order valence-corrected chi connectivity index (χ1v) is 7.05. The van der Waals surface area contributed by atoms with Gasteiger partial charge in [0.2, 0.25) is 10.0 Å². The zero-order chi connectivity index (χ0) is 14.7. The molecule has 0 saturated heterocycles. The Morgan fingerprint density at radius 1 is 1.47 bits per heavy atom. The minimum absolute atomic E-state index is 0.191. The maximum absolute atomic E-state index is 13.4. The lowest BCUT2D eigenvalue weighted by Gasteiger charge is -2.25. The van der Waals surface area contributed by atoms with Gasteiger partial charge in [0.05, 0.1) is 0 Å². The summed E-state index contributed by atoms with van der Waals surface area (Å²) in [6.07, 6.45) is 0.198. The highest BCUT2D eigenvalue weighted by Crippen LogP contribution is 2.20. The third kappa shape index (κ3) is 3.73. The summed E-state index contributed by atoms with van der Waals surface area (Å²) in [5.74, 6) is -0.884. The fraction of sp³-hybridized carbons (Fsp3) is 0.417. The summed E-state index contributed by atoms with van der Waals surface area (Å²) in [6, 6.07) is 4.96. The van der Waals surface area contributed by atoms with E-state index in [2.05, 4.69) is 4.72 Å². The van der Waals surface area contributed by atoms with Crippen LogP contribution in [0, 0.1) is 17.1 Å². The van der Waals surface area contributed by atoms with Crippen LogP contribution in [-0.2, 0) is 10.0 Å². The highest BCUT2D eigenvalue weighted by Gasteiger charge is 2.28. The Hall–Kier alpha value is -1.49. The van der Waals surface area contributed by atoms with Gasteiger partial charge < -0.3 is 5.11 Å². The van der Waals surface area contributed by atoms with Gasteiger partial charge in [0.15, 0.2) is 0 Å². The molecular weight excluding hydrogens is 271 g/mol. The van der Waals surface area contributed by atoms with Crippen molar-refractivity contribution in [3.8, 4) is 6.07 Å². The first kappa shape index (κ1) is 15.6. The number of halogens is 1. The lowest BCUT2D eigenvalue weighted by atomic mass is 10.0. The van der Waals surface area contributed by atoms with Gasteiger partial charge >= 0.3 is 0 Å². The summed E-state index contributed by atoms with van der Waals surface area (Å²) < 4.78 is 40.0. The van der Waals surface area contributed by atoms with Gasteiger partial charge in [-0.1, -0.05) is 6.07 Å². The van der Waals surface area contributed by atoms with E-state index in [-0.39, 0.29) is 13.0 Å². The first-order valence-electron chi connectivity index (χ1n) is 5.57. The Morgan fingerprint density at radius 2 is 2.11 bits per heavy atom. The van der Waals surface area contributed by atoms with E-state index in [1.165, 1.54) is 12.1 Å². The lowest BCUT2D eigenvalue weighted by Crippen LogP contribution is -2.44. The number of hydrogen-bond acceptors (Lipinski definition) is 4. The Labute approximate surface area is 111 Å². The number of hydrogen-bond donors (Lipinski definition) is 2. The zero-order valence-electron chi connectivity index (χ0n) is 10.6. The third-order valence-electron chi connectivity index (χ3n) is 2.52. The summed E-state index contributed by atoms with van der Waals surface area (Å²) in [5, 5.41) is 17.7. The number of aliphatic hydroxyl groups excluding tert-OH is 1. The van der Waals surface area contributed by atoms with Crippen LogP contribution in [0.25, 0.3) is 0 Å². The minimum Gasteiger partial charge on any atom is -0.396 e. The molecule has 0 aliphatic rings. The number of benzene rings is 1. The second-order valence-corrected chi connectivity index (χ2v) is 6.34. The Morgan fingerprint density at radius 3 is 2.63 bits per heavy atom. The molecule has 0 atom stereocenters. The van der Waals surface area contributed by atoms with Crippen LogP contribution >= 0.6 is 0 Å². The molecule has 0 fully saturated rings.